The van der Waals surface area contributed by atoms with Crippen molar-refractivity contribution >= 4 is 28.7 Å². The molecule has 1 aromatic heterocycles. The summed E-state index contributed by atoms with van der Waals surface area (Å²) >= 11 is 1.49. The Morgan fingerprint density at radius 1 is 1.29 bits per heavy atom. The van der Waals surface area contributed by atoms with Gasteiger partial charge in [0, 0.05) is 17.0 Å². The Labute approximate surface area is 145 Å². The molecule has 2 aromatic rings. The molecule has 1 unspecified atom stereocenters. The molecule has 0 saturated carbocycles. The van der Waals surface area contributed by atoms with Crippen LogP contribution in [-0.2, 0) is 9.59 Å². The van der Waals surface area contributed by atoms with Crippen molar-refractivity contribution in [1.82, 2.24) is 0 Å². The van der Waals surface area contributed by atoms with E-state index in [-0.39, 0.29) is 17.8 Å². The molecule has 0 fully saturated rings. The molecule has 1 atom stereocenters. The van der Waals surface area contributed by atoms with Crippen LogP contribution in [0.1, 0.15) is 35.4 Å². The molecule has 5 heteroatoms. The third kappa shape index (κ3) is 2.55. The summed E-state index contributed by atoms with van der Waals surface area (Å²) in [4.78, 5) is 27.6. The average Bonchev–Trinajstić information content (AvgIpc) is 3.08. The van der Waals surface area contributed by atoms with E-state index in [2.05, 4.69) is 0 Å². The van der Waals surface area contributed by atoms with Crippen molar-refractivity contribution in [2.24, 2.45) is 0 Å². The molecular formula is C19H19NO3S. The van der Waals surface area contributed by atoms with E-state index >= 15 is 0 Å². The quantitative estimate of drug-likeness (QED) is 0.905. The number of hydrogen-bond donors (Lipinski definition) is 1. The van der Waals surface area contributed by atoms with E-state index in [0.717, 1.165) is 16.0 Å². The average molecular weight is 341 g/mol. The Hall–Kier alpha value is -2.40. The summed E-state index contributed by atoms with van der Waals surface area (Å²) in [5.41, 5.74) is 2.90. The highest BCUT2D eigenvalue weighted by atomic mass is 32.1. The van der Waals surface area contributed by atoms with Gasteiger partial charge in [-0.25, -0.2) is 0 Å². The third-order valence-corrected chi connectivity index (χ3v) is 5.33. The number of hydrogen-bond acceptors (Lipinski definition) is 4. The van der Waals surface area contributed by atoms with Gasteiger partial charge in [0.2, 0.25) is 0 Å². The minimum absolute atomic E-state index is 0.200. The normalized spacial score (nSPS) is 17.7. The number of aryl methyl sites for hydroxylation is 2. The smallest absolute Gasteiger partial charge is 0.294 e. The van der Waals surface area contributed by atoms with Gasteiger partial charge in [-0.1, -0.05) is 19.1 Å². The summed E-state index contributed by atoms with van der Waals surface area (Å²) < 4.78 is 0. The number of anilines is 1. The lowest BCUT2D eigenvalue weighted by atomic mass is 9.98. The molecule has 0 radical (unpaired) electrons. The fourth-order valence-corrected chi connectivity index (χ4v) is 4.06. The summed E-state index contributed by atoms with van der Waals surface area (Å²) in [7, 11) is 0. The largest absolute Gasteiger partial charge is 0.503 e. The molecule has 4 nitrogen and oxygen atoms in total. The first-order valence-electron chi connectivity index (χ1n) is 7.86. The summed E-state index contributed by atoms with van der Waals surface area (Å²) in [5, 5.41) is 12.3. The van der Waals surface area contributed by atoms with Crippen LogP contribution in [0, 0.1) is 13.8 Å². The zero-order valence-electron chi connectivity index (χ0n) is 13.9. The molecule has 1 aliphatic heterocycles. The predicted molar refractivity (Wildman–Crippen MR) is 95.4 cm³/mol. The summed E-state index contributed by atoms with van der Waals surface area (Å²) in [5.74, 6) is -1.15. The zero-order chi connectivity index (χ0) is 17.4. The highest BCUT2D eigenvalue weighted by molar-refractivity contribution is 7.10. The number of benzene rings is 1. The van der Waals surface area contributed by atoms with Crippen molar-refractivity contribution in [1.29, 1.82) is 0 Å². The first-order valence-corrected chi connectivity index (χ1v) is 8.74. The lowest BCUT2D eigenvalue weighted by Crippen LogP contribution is -2.30. The number of aliphatic hydroxyl groups excluding tert-OH is 1. The van der Waals surface area contributed by atoms with E-state index in [1.165, 1.54) is 16.2 Å². The van der Waals surface area contributed by atoms with Crippen molar-refractivity contribution in [3.63, 3.8) is 0 Å². The molecule has 1 aromatic carbocycles. The number of carbonyl (C=O) groups is 2. The van der Waals surface area contributed by atoms with Gasteiger partial charge in [0.15, 0.2) is 11.5 Å². The molecule has 24 heavy (non-hydrogen) atoms. The Kier molecular flexibility index (Phi) is 4.28. The maximum absolute atomic E-state index is 12.7. The fourth-order valence-electron chi connectivity index (χ4n) is 3.04. The van der Waals surface area contributed by atoms with Gasteiger partial charge in [-0.15, -0.1) is 11.3 Å². The molecule has 0 aliphatic carbocycles. The van der Waals surface area contributed by atoms with Crippen molar-refractivity contribution < 1.29 is 14.7 Å². The number of rotatable bonds is 4. The second-order valence-corrected chi connectivity index (χ2v) is 6.87. The Morgan fingerprint density at radius 3 is 2.62 bits per heavy atom. The van der Waals surface area contributed by atoms with Gasteiger partial charge >= 0.3 is 0 Å². The number of aliphatic hydroxyl groups is 1. The van der Waals surface area contributed by atoms with Crippen LogP contribution in [0.25, 0.3) is 0 Å². The van der Waals surface area contributed by atoms with Gasteiger partial charge in [0.05, 0.1) is 5.57 Å². The molecule has 2 heterocycles. The Bertz CT molecular complexity index is 850. The number of ketones is 1. The number of carbonyl (C=O) groups excluding carboxylic acids is 2. The van der Waals surface area contributed by atoms with Crippen molar-refractivity contribution in [2.45, 2.75) is 33.2 Å². The van der Waals surface area contributed by atoms with Crippen molar-refractivity contribution in [3.05, 3.63) is 63.0 Å². The lowest BCUT2D eigenvalue weighted by Gasteiger charge is -2.26. The van der Waals surface area contributed by atoms with Crippen LogP contribution in [0.4, 0.5) is 5.69 Å². The predicted octanol–water partition coefficient (Wildman–Crippen LogP) is 4.24. The van der Waals surface area contributed by atoms with Crippen molar-refractivity contribution in [3.8, 4) is 0 Å². The van der Waals surface area contributed by atoms with Crippen molar-refractivity contribution in [2.75, 3.05) is 4.90 Å². The van der Waals surface area contributed by atoms with Gasteiger partial charge in [0.1, 0.15) is 6.04 Å². The standard InChI is InChI=1S/C19H19NO3S/c1-4-14(21)15-16(18-12(3)8-9-24-18)20(19(23)17(15)22)13-7-5-6-11(2)10-13/h5-10,16,22H,4H2,1-3H3. The second-order valence-electron chi connectivity index (χ2n) is 5.92. The first-order chi connectivity index (χ1) is 11.5. The molecule has 1 N–H and O–H groups in total. The van der Waals surface area contributed by atoms with Crippen LogP contribution in [0.15, 0.2) is 47.0 Å². The SMILES string of the molecule is CCC(=O)C1=C(O)C(=O)N(c2cccc(C)c2)C1c1sccc1C. The van der Waals surface area contributed by atoms with Gasteiger partial charge in [-0.05, 0) is 48.6 Å². The van der Waals surface area contributed by atoms with Crippen LogP contribution >= 0.6 is 11.3 Å². The molecule has 0 saturated heterocycles. The number of amides is 1. The lowest BCUT2D eigenvalue weighted by molar-refractivity contribution is -0.118. The van der Waals surface area contributed by atoms with Crippen LogP contribution in [0.5, 0.6) is 0 Å². The molecule has 0 bridgehead atoms. The third-order valence-electron chi connectivity index (χ3n) is 4.26. The highest BCUT2D eigenvalue weighted by Gasteiger charge is 2.44. The second kappa shape index (κ2) is 6.24. The maximum Gasteiger partial charge on any atom is 0.294 e. The van der Waals surface area contributed by atoms with Crippen LogP contribution < -0.4 is 4.90 Å². The molecule has 3 rings (SSSR count). The molecule has 1 aliphatic rings. The van der Waals surface area contributed by atoms with E-state index < -0.39 is 17.7 Å². The van der Waals surface area contributed by atoms with Gasteiger partial charge in [0.25, 0.3) is 5.91 Å². The topological polar surface area (TPSA) is 57.6 Å². The van der Waals surface area contributed by atoms with Crippen LogP contribution in [0.3, 0.4) is 0 Å². The summed E-state index contributed by atoms with van der Waals surface area (Å²) in [6, 6.07) is 8.93. The molecule has 0 spiro atoms. The van der Waals surface area contributed by atoms with E-state index in [1.807, 2.05) is 49.6 Å². The monoisotopic (exact) mass is 341 g/mol. The number of Topliss-reactive ketones (excluding diaryl/α,β-unsaturated/α-hetero) is 1. The van der Waals surface area contributed by atoms with E-state index in [0.29, 0.717) is 5.69 Å². The zero-order valence-corrected chi connectivity index (χ0v) is 14.7. The fraction of sp³-hybridized carbons (Fsp3) is 0.263. The molecule has 1 amide bonds. The van der Waals surface area contributed by atoms with Gasteiger partial charge < -0.3 is 5.11 Å². The van der Waals surface area contributed by atoms with E-state index in [1.54, 1.807) is 6.92 Å². The van der Waals surface area contributed by atoms with E-state index in [9.17, 15) is 14.7 Å². The number of nitrogens with zero attached hydrogens (tertiary/aromatic N) is 1. The maximum atomic E-state index is 12.7. The van der Waals surface area contributed by atoms with Crippen LogP contribution in [0.2, 0.25) is 0 Å². The highest BCUT2D eigenvalue weighted by Crippen LogP contribution is 2.44. The minimum Gasteiger partial charge on any atom is -0.503 e. The summed E-state index contributed by atoms with van der Waals surface area (Å²) in [6.45, 7) is 5.63. The number of thiophene rings is 1. The minimum atomic E-state index is -0.563. The Balaban J connectivity index is 2.20. The van der Waals surface area contributed by atoms with Gasteiger partial charge in [-0.2, -0.15) is 0 Å². The Morgan fingerprint density at radius 2 is 2.04 bits per heavy atom. The summed E-state index contributed by atoms with van der Waals surface area (Å²) in [6.07, 6.45) is 0.245. The van der Waals surface area contributed by atoms with E-state index in [4.69, 9.17) is 0 Å². The molecular weight excluding hydrogens is 322 g/mol. The van der Waals surface area contributed by atoms with Gasteiger partial charge in [-0.3, -0.25) is 14.5 Å². The first kappa shape index (κ1) is 16.5. The van der Waals surface area contributed by atoms with Crippen LogP contribution in [-0.4, -0.2) is 16.8 Å². The molecule has 124 valence electrons.